The third kappa shape index (κ3) is 3.83. The lowest BCUT2D eigenvalue weighted by atomic mass is 10.2. The van der Waals surface area contributed by atoms with Crippen LogP contribution in [0.25, 0.3) is 0 Å². The quantitative estimate of drug-likeness (QED) is 0.629. The van der Waals surface area contributed by atoms with E-state index < -0.39 is 11.7 Å². The lowest BCUT2D eigenvalue weighted by Crippen LogP contribution is -2.05. The number of carbonyl (C=O) groups is 1. The minimum absolute atomic E-state index is 0.231. The molecule has 0 saturated carbocycles. The van der Waals surface area contributed by atoms with Gasteiger partial charge in [0.05, 0.1) is 18.3 Å². The fraction of sp³-hybridized carbons (Fsp3) is 0.250. The van der Waals surface area contributed by atoms with E-state index in [1.165, 1.54) is 28.7 Å². The molecule has 2 aromatic rings. The maximum absolute atomic E-state index is 12.5. The smallest absolute Gasteiger partial charge is 0.296 e. The summed E-state index contributed by atoms with van der Waals surface area (Å²) in [5, 5.41) is 7.31. The van der Waals surface area contributed by atoms with Crippen molar-refractivity contribution < 1.29 is 18.0 Å². The van der Waals surface area contributed by atoms with Crippen LogP contribution >= 0.6 is 11.8 Å². The van der Waals surface area contributed by atoms with E-state index in [4.69, 9.17) is 0 Å². The first kappa shape index (κ1) is 14.6. The molecule has 1 aromatic heterocycles. The molecule has 4 nitrogen and oxygen atoms in total. The van der Waals surface area contributed by atoms with Crippen molar-refractivity contribution >= 4 is 18.0 Å². The number of nitrogens with zero attached hydrogens (tertiary/aromatic N) is 3. The fourth-order valence-corrected chi connectivity index (χ4v) is 2.40. The molecule has 2 rings (SSSR count). The Hall–Kier alpha value is -1.83. The van der Waals surface area contributed by atoms with Gasteiger partial charge in [-0.05, 0) is 18.2 Å². The average molecular weight is 301 g/mol. The van der Waals surface area contributed by atoms with Gasteiger partial charge in [0.25, 0.3) is 0 Å². The molecule has 0 spiro atoms. The number of hydrogen-bond donors (Lipinski definition) is 0. The van der Waals surface area contributed by atoms with Crippen LogP contribution in [0.4, 0.5) is 13.2 Å². The summed E-state index contributed by atoms with van der Waals surface area (Å²) >= 11 is 1.29. The maximum Gasteiger partial charge on any atom is 0.416 e. The summed E-state index contributed by atoms with van der Waals surface area (Å²) in [5.74, 6) is 0.531. The van der Waals surface area contributed by atoms with E-state index in [2.05, 4.69) is 10.3 Å². The second kappa shape index (κ2) is 6.08. The van der Waals surface area contributed by atoms with E-state index in [0.29, 0.717) is 23.5 Å². The highest BCUT2D eigenvalue weighted by atomic mass is 32.2. The first-order valence-electron chi connectivity index (χ1n) is 5.64. The van der Waals surface area contributed by atoms with Crippen molar-refractivity contribution in [2.75, 3.05) is 5.75 Å². The van der Waals surface area contributed by atoms with E-state index in [1.807, 2.05) is 0 Å². The zero-order valence-corrected chi connectivity index (χ0v) is 11.0. The van der Waals surface area contributed by atoms with Gasteiger partial charge in [-0.15, -0.1) is 16.9 Å². The molecule has 0 aliphatic heterocycles. The summed E-state index contributed by atoms with van der Waals surface area (Å²) in [5.41, 5.74) is -0.430. The van der Waals surface area contributed by atoms with E-state index in [1.54, 1.807) is 6.07 Å². The lowest BCUT2D eigenvalue weighted by Gasteiger charge is -2.08. The van der Waals surface area contributed by atoms with Gasteiger partial charge in [-0.1, -0.05) is 11.3 Å². The number of halogens is 3. The van der Waals surface area contributed by atoms with Crippen LogP contribution in [0.3, 0.4) is 0 Å². The summed E-state index contributed by atoms with van der Waals surface area (Å²) in [4.78, 5) is 11.0. The van der Waals surface area contributed by atoms with Crippen LogP contribution in [0.15, 0.2) is 35.4 Å². The number of rotatable bonds is 5. The van der Waals surface area contributed by atoms with Crippen molar-refractivity contribution in [3.63, 3.8) is 0 Å². The second-order valence-electron chi connectivity index (χ2n) is 3.90. The highest BCUT2D eigenvalue weighted by Crippen LogP contribution is 2.31. The molecule has 0 aliphatic rings. The highest BCUT2D eigenvalue weighted by molar-refractivity contribution is 7.99. The van der Waals surface area contributed by atoms with Gasteiger partial charge in [-0.2, -0.15) is 13.2 Å². The van der Waals surface area contributed by atoms with Crippen LogP contribution in [0.5, 0.6) is 0 Å². The number of aryl methyl sites for hydroxylation is 1. The molecule has 0 saturated heterocycles. The van der Waals surface area contributed by atoms with Gasteiger partial charge in [0.1, 0.15) is 5.69 Å². The molecule has 106 valence electrons. The summed E-state index contributed by atoms with van der Waals surface area (Å²) in [6.07, 6.45) is -2.26. The second-order valence-corrected chi connectivity index (χ2v) is 5.07. The summed E-state index contributed by atoms with van der Waals surface area (Å²) in [6, 6.07) is 5.16. The topological polar surface area (TPSA) is 47.8 Å². The predicted octanol–water partition coefficient (Wildman–Crippen LogP) is 2.90. The van der Waals surface area contributed by atoms with E-state index in [9.17, 15) is 18.0 Å². The zero-order valence-electron chi connectivity index (χ0n) is 10.2. The molecule has 1 aromatic carbocycles. The van der Waals surface area contributed by atoms with Gasteiger partial charge >= 0.3 is 6.18 Å². The third-order valence-corrected chi connectivity index (χ3v) is 3.40. The van der Waals surface area contributed by atoms with Crippen molar-refractivity contribution in [2.24, 2.45) is 0 Å². The Morgan fingerprint density at radius 2 is 2.15 bits per heavy atom. The number of hydrogen-bond acceptors (Lipinski definition) is 4. The minimum Gasteiger partial charge on any atom is -0.296 e. The van der Waals surface area contributed by atoms with Crippen molar-refractivity contribution in [3.8, 4) is 0 Å². The number of benzene rings is 1. The first-order valence-corrected chi connectivity index (χ1v) is 6.63. The van der Waals surface area contributed by atoms with Gasteiger partial charge in [-0.3, -0.25) is 9.48 Å². The Morgan fingerprint density at radius 3 is 2.80 bits per heavy atom. The van der Waals surface area contributed by atoms with Crippen LogP contribution in [0, 0.1) is 0 Å². The van der Waals surface area contributed by atoms with Gasteiger partial charge in [0.15, 0.2) is 6.29 Å². The molecular weight excluding hydrogens is 291 g/mol. The van der Waals surface area contributed by atoms with Crippen LogP contribution in [0.1, 0.15) is 16.1 Å². The standard InChI is InChI=1S/C12H10F3N3OS/c13-12(14,15)9-2-1-3-11(6-9)20-5-4-18-7-10(8-19)16-17-18/h1-3,6-8H,4-5H2. The van der Waals surface area contributed by atoms with Crippen LogP contribution in [-0.2, 0) is 12.7 Å². The van der Waals surface area contributed by atoms with Gasteiger partial charge in [0.2, 0.25) is 0 Å². The molecule has 0 amide bonds. The van der Waals surface area contributed by atoms with Crippen molar-refractivity contribution in [3.05, 3.63) is 41.7 Å². The van der Waals surface area contributed by atoms with Gasteiger partial charge in [-0.25, -0.2) is 0 Å². The van der Waals surface area contributed by atoms with Gasteiger partial charge in [0, 0.05) is 10.6 Å². The Balaban J connectivity index is 1.92. The monoisotopic (exact) mass is 301 g/mol. The summed E-state index contributed by atoms with van der Waals surface area (Å²) in [6.45, 7) is 0.460. The molecule has 0 aliphatic carbocycles. The molecule has 1 heterocycles. The third-order valence-electron chi connectivity index (χ3n) is 2.43. The van der Waals surface area contributed by atoms with E-state index >= 15 is 0 Å². The number of carbonyl (C=O) groups excluding carboxylic acids is 1. The Morgan fingerprint density at radius 1 is 1.35 bits per heavy atom. The molecule has 0 radical (unpaired) electrons. The van der Waals surface area contributed by atoms with Gasteiger partial charge < -0.3 is 0 Å². The fourth-order valence-electron chi connectivity index (χ4n) is 1.50. The first-order chi connectivity index (χ1) is 9.49. The van der Waals surface area contributed by atoms with Crippen molar-refractivity contribution in [1.82, 2.24) is 15.0 Å². The molecule has 8 heteroatoms. The van der Waals surface area contributed by atoms with Crippen molar-refractivity contribution in [2.45, 2.75) is 17.6 Å². The predicted molar refractivity (Wildman–Crippen MR) is 67.6 cm³/mol. The number of alkyl halides is 3. The molecular formula is C12H10F3N3OS. The molecule has 0 unspecified atom stereocenters. The SMILES string of the molecule is O=Cc1cn(CCSc2cccc(C(F)(F)F)c2)nn1. The minimum atomic E-state index is -4.33. The summed E-state index contributed by atoms with van der Waals surface area (Å²) < 4.78 is 39.1. The Bertz CT molecular complexity index is 598. The number of aldehydes is 1. The van der Waals surface area contributed by atoms with Crippen molar-refractivity contribution in [1.29, 1.82) is 0 Å². The number of thioether (sulfide) groups is 1. The molecule has 20 heavy (non-hydrogen) atoms. The highest BCUT2D eigenvalue weighted by Gasteiger charge is 2.30. The normalized spacial score (nSPS) is 11.6. The van der Waals surface area contributed by atoms with E-state index in [0.717, 1.165) is 12.1 Å². The molecule has 0 atom stereocenters. The van der Waals surface area contributed by atoms with Crippen LogP contribution < -0.4 is 0 Å². The largest absolute Gasteiger partial charge is 0.416 e. The van der Waals surface area contributed by atoms with E-state index in [-0.39, 0.29) is 5.69 Å². The Labute approximate surface area is 117 Å². The summed E-state index contributed by atoms with van der Waals surface area (Å²) in [7, 11) is 0. The zero-order chi connectivity index (χ0) is 14.6. The maximum atomic E-state index is 12.5. The number of aromatic nitrogens is 3. The Kier molecular flexibility index (Phi) is 4.43. The molecule has 0 bridgehead atoms. The van der Waals surface area contributed by atoms with Crippen LogP contribution in [0.2, 0.25) is 0 Å². The molecule has 0 N–H and O–H groups in total. The van der Waals surface area contributed by atoms with Crippen LogP contribution in [-0.4, -0.2) is 27.0 Å². The molecule has 0 fully saturated rings. The lowest BCUT2D eigenvalue weighted by molar-refractivity contribution is -0.137. The average Bonchev–Trinajstić information content (AvgIpc) is 2.86.